The van der Waals surface area contributed by atoms with E-state index in [1.54, 1.807) is 0 Å². The van der Waals surface area contributed by atoms with Crippen LogP contribution in [0.15, 0.2) is 53.4 Å². The van der Waals surface area contributed by atoms with Gasteiger partial charge in [0.05, 0.1) is 10.5 Å². The first-order chi connectivity index (χ1) is 15.2. The van der Waals surface area contributed by atoms with Gasteiger partial charge >= 0.3 is 5.97 Å². The molecule has 1 heterocycles. The van der Waals surface area contributed by atoms with E-state index in [2.05, 4.69) is 19.2 Å². The fourth-order valence-corrected chi connectivity index (χ4v) is 5.13. The lowest BCUT2D eigenvalue weighted by Gasteiger charge is -2.18. The van der Waals surface area contributed by atoms with Gasteiger partial charge in [0.25, 0.3) is 5.91 Å². The molecule has 3 rings (SSSR count). The number of hydrogen-bond donors (Lipinski definition) is 1. The summed E-state index contributed by atoms with van der Waals surface area (Å²) in [5, 5.41) is 2.84. The van der Waals surface area contributed by atoms with Crippen molar-refractivity contribution in [3.8, 4) is 0 Å². The fraction of sp³-hybridized carbons (Fsp3) is 0.417. The van der Waals surface area contributed by atoms with Crippen molar-refractivity contribution >= 4 is 27.6 Å². The molecule has 7 nitrogen and oxygen atoms in total. The lowest BCUT2D eigenvalue weighted by atomic mass is 9.97. The van der Waals surface area contributed by atoms with E-state index in [-0.39, 0.29) is 16.4 Å². The van der Waals surface area contributed by atoms with Crippen LogP contribution in [0.3, 0.4) is 0 Å². The topological polar surface area (TPSA) is 92.8 Å². The number of amides is 1. The van der Waals surface area contributed by atoms with Gasteiger partial charge in [0.1, 0.15) is 0 Å². The second-order valence-electron chi connectivity index (χ2n) is 8.07. The Morgan fingerprint density at radius 1 is 1.03 bits per heavy atom. The summed E-state index contributed by atoms with van der Waals surface area (Å²) in [7, 11) is -3.55. The molecule has 1 N–H and O–H groups in total. The number of carbonyl (C=O) groups is 2. The standard InChI is InChI=1S/C24H30N2O5S/c1-4-17(2)21-9-5-6-10-22(21)25-23(27)18(3)31-24(28)19-11-13-20(14-12-19)32(29,30)26-15-7-8-16-26/h5-6,9-14,17-18H,4,7-8,15-16H2,1-3H3,(H,25,27). The maximum absolute atomic E-state index is 12.6. The molecule has 2 aromatic rings. The van der Waals surface area contributed by atoms with Crippen molar-refractivity contribution in [3.05, 3.63) is 59.7 Å². The Morgan fingerprint density at radius 2 is 1.66 bits per heavy atom. The van der Waals surface area contributed by atoms with Crippen molar-refractivity contribution in [2.75, 3.05) is 18.4 Å². The van der Waals surface area contributed by atoms with E-state index in [1.807, 2.05) is 24.3 Å². The predicted octanol–water partition coefficient (Wildman–Crippen LogP) is 4.17. The molecule has 172 valence electrons. The molecule has 2 aromatic carbocycles. The normalized spacial score (nSPS) is 16.3. The van der Waals surface area contributed by atoms with Crippen molar-refractivity contribution in [1.29, 1.82) is 0 Å². The lowest BCUT2D eigenvalue weighted by Crippen LogP contribution is -2.30. The van der Waals surface area contributed by atoms with Crippen molar-refractivity contribution in [3.63, 3.8) is 0 Å². The van der Waals surface area contributed by atoms with Crippen molar-refractivity contribution in [1.82, 2.24) is 4.31 Å². The second-order valence-corrected chi connectivity index (χ2v) is 10.0. The molecule has 1 amide bonds. The third-order valence-electron chi connectivity index (χ3n) is 5.81. The molecule has 2 unspecified atom stereocenters. The quantitative estimate of drug-likeness (QED) is 0.600. The molecule has 0 aliphatic carbocycles. The van der Waals surface area contributed by atoms with E-state index in [1.165, 1.54) is 35.5 Å². The third-order valence-corrected chi connectivity index (χ3v) is 7.72. The van der Waals surface area contributed by atoms with Gasteiger partial charge in [-0.05, 0) is 68.0 Å². The van der Waals surface area contributed by atoms with Gasteiger partial charge in [0, 0.05) is 18.8 Å². The summed E-state index contributed by atoms with van der Waals surface area (Å²) in [6.07, 6.45) is 1.62. The van der Waals surface area contributed by atoms with E-state index in [4.69, 9.17) is 4.74 Å². The summed E-state index contributed by atoms with van der Waals surface area (Å²) in [5.74, 6) is -0.838. The Morgan fingerprint density at radius 3 is 2.28 bits per heavy atom. The van der Waals surface area contributed by atoms with Gasteiger partial charge < -0.3 is 10.1 Å². The van der Waals surface area contributed by atoms with E-state index in [9.17, 15) is 18.0 Å². The first-order valence-electron chi connectivity index (χ1n) is 10.9. The van der Waals surface area contributed by atoms with Crippen LogP contribution in [0.5, 0.6) is 0 Å². The highest BCUT2D eigenvalue weighted by molar-refractivity contribution is 7.89. The number of nitrogens with one attached hydrogen (secondary N) is 1. The summed E-state index contributed by atoms with van der Waals surface area (Å²) in [5.41, 5.74) is 1.91. The van der Waals surface area contributed by atoms with Crippen molar-refractivity contribution in [2.45, 2.75) is 57.0 Å². The molecule has 0 radical (unpaired) electrons. The first-order valence-corrected chi connectivity index (χ1v) is 12.4. The Bertz CT molecular complexity index is 1060. The van der Waals surface area contributed by atoms with Gasteiger partial charge in [-0.3, -0.25) is 4.79 Å². The Labute approximate surface area is 189 Å². The highest BCUT2D eigenvalue weighted by Crippen LogP contribution is 2.27. The van der Waals surface area contributed by atoms with Crippen LogP contribution in [0.25, 0.3) is 0 Å². The summed E-state index contributed by atoms with van der Waals surface area (Å²) in [6.45, 7) is 6.69. The van der Waals surface area contributed by atoms with Gasteiger partial charge in [-0.1, -0.05) is 32.0 Å². The van der Waals surface area contributed by atoms with Crippen molar-refractivity contribution < 1.29 is 22.7 Å². The second kappa shape index (κ2) is 10.3. The first kappa shape index (κ1) is 23.9. The minimum absolute atomic E-state index is 0.142. The van der Waals surface area contributed by atoms with E-state index in [0.717, 1.165) is 24.8 Å². The van der Waals surface area contributed by atoms with E-state index < -0.39 is 28.0 Å². The molecule has 0 aromatic heterocycles. The number of para-hydroxylation sites is 1. The number of carbonyl (C=O) groups excluding carboxylic acids is 2. The zero-order valence-electron chi connectivity index (χ0n) is 18.7. The Hall–Kier alpha value is -2.71. The van der Waals surface area contributed by atoms with Gasteiger partial charge in [-0.2, -0.15) is 4.31 Å². The number of anilines is 1. The van der Waals surface area contributed by atoms with Crippen LogP contribution in [0.1, 0.15) is 61.9 Å². The highest BCUT2D eigenvalue weighted by atomic mass is 32.2. The maximum Gasteiger partial charge on any atom is 0.338 e. The summed E-state index contributed by atoms with van der Waals surface area (Å²) in [6, 6.07) is 13.2. The number of nitrogens with zero attached hydrogens (tertiary/aromatic N) is 1. The summed E-state index contributed by atoms with van der Waals surface area (Å²) < 4.78 is 32.0. The monoisotopic (exact) mass is 458 g/mol. The highest BCUT2D eigenvalue weighted by Gasteiger charge is 2.27. The molecule has 0 spiro atoms. The third kappa shape index (κ3) is 5.37. The molecule has 0 bridgehead atoms. The van der Waals surface area contributed by atoms with Crippen molar-refractivity contribution in [2.24, 2.45) is 0 Å². The molecular weight excluding hydrogens is 428 g/mol. The molecule has 1 aliphatic rings. The Balaban J connectivity index is 1.64. The number of rotatable bonds is 8. The van der Waals surface area contributed by atoms with Crippen LogP contribution in [-0.2, 0) is 19.6 Å². The molecule has 1 saturated heterocycles. The molecule has 2 atom stereocenters. The Kier molecular flexibility index (Phi) is 7.69. The minimum Gasteiger partial charge on any atom is -0.449 e. The maximum atomic E-state index is 12.6. The van der Waals surface area contributed by atoms with Crippen LogP contribution in [0, 0.1) is 0 Å². The van der Waals surface area contributed by atoms with Gasteiger partial charge in [0.2, 0.25) is 10.0 Å². The van der Waals surface area contributed by atoms with E-state index in [0.29, 0.717) is 18.8 Å². The smallest absolute Gasteiger partial charge is 0.338 e. The molecule has 1 aliphatic heterocycles. The lowest BCUT2D eigenvalue weighted by molar-refractivity contribution is -0.123. The minimum atomic E-state index is -3.55. The van der Waals surface area contributed by atoms with Gasteiger partial charge in [-0.25, -0.2) is 13.2 Å². The van der Waals surface area contributed by atoms with Crippen LogP contribution in [-0.4, -0.2) is 43.8 Å². The molecular formula is C24H30N2O5S. The SMILES string of the molecule is CCC(C)c1ccccc1NC(=O)C(C)OC(=O)c1ccc(S(=O)(=O)N2CCCC2)cc1. The van der Waals surface area contributed by atoms with Gasteiger partial charge in [0.15, 0.2) is 6.10 Å². The van der Waals surface area contributed by atoms with E-state index >= 15 is 0 Å². The number of hydrogen-bond acceptors (Lipinski definition) is 5. The average molecular weight is 459 g/mol. The number of sulfonamides is 1. The molecule has 32 heavy (non-hydrogen) atoms. The summed E-state index contributed by atoms with van der Waals surface area (Å²) in [4.78, 5) is 25.2. The van der Waals surface area contributed by atoms with Crippen LogP contribution in [0.4, 0.5) is 5.69 Å². The van der Waals surface area contributed by atoms with Crippen LogP contribution in [0.2, 0.25) is 0 Å². The molecule has 1 fully saturated rings. The fourth-order valence-electron chi connectivity index (χ4n) is 3.62. The zero-order chi connectivity index (χ0) is 23.3. The predicted molar refractivity (Wildman–Crippen MR) is 123 cm³/mol. The molecule has 0 saturated carbocycles. The largest absolute Gasteiger partial charge is 0.449 e. The van der Waals surface area contributed by atoms with Crippen LogP contribution < -0.4 is 5.32 Å². The number of benzene rings is 2. The number of esters is 1. The number of ether oxygens (including phenoxy) is 1. The van der Waals surface area contributed by atoms with Gasteiger partial charge in [-0.15, -0.1) is 0 Å². The zero-order valence-corrected chi connectivity index (χ0v) is 19.5. The van der Waals surface area contributed by atoms with Crippen LogP contribution >= 0.6 is 0 Å². The average Bonchev–Trinajstić information content (AvgIpc) is 3.35. The summed E-state index contributed by atoms with van der Waals surface area (Å²) >= 11 is 0. The molecule has 8 heteroatoms.